The molecule has 1 rings (SSSR count). The summed E-state index contributed by atoms with van der Waals surface area (Å²) in [5, 5.41) is 17.1. The van der Waals surface area contributed by atoms with E-state index in [1.54, 1.807) is 0 Å². The summed E-state index contributed by atoms with van der Waals surface area (Å²) in [5.74, 6) is 3.99. The second-order valence-corrected chi connectivity index (χ2v) is 3.67. The van der Waals surface area contributed by atoms with Gasteiger partial charge in [0.05, 0.1) is 13.2 Å². The fourth-order valence-electron chi connectivity index (χ4n) is 0.903. The molecule has 0 N–H and O–H groups in total. The lowest BCUT2D eigenvalue weighted by Crippen LogP contribution is -2.31. The molecule has 0 aromatic heterocycles. The third kappa shape index (κ3) is 2.13. The van der Waals surface area contributed by atoms with Crippen molar-refractivity contribution in [1.82, 2.24) is 4.67 Å². The fraction of sp³-hybridized carbons (Fsp3) is 0.667. The molecule has 0 spiro atoms. The van der Waals surface area contributed by atoms with E-state index in [1.165, 1.54) is 0 Å². The van der Waals surface area contributed by atoms with Crippen LogP contribution >= 0.6 is 8.07 Å². The molecule has 0 amide bonds. The Morgan fingerprint density at radius 1 is 1.18 bits per heavy atom. The SMILES string of the molecule is N#CP(C#N)N1CCOCC1. The maximum Gasteiger partial charge on any atom is 0.184 e. The van der Waals surface area contributed by atoms with E-state index in [-0.39, 0.29) is 0 Å². The van der Waals surface area contributed by atoms with Crippen molar-refractivity contribution in [3.8, 4) is 11.6 Å². The van der Waals surface area contributed by atoms with Gasteiger partial charge in [-0.2, -0.15) is 10.5 Å². The molecule has 1 aliphatic rings. The summed E-state index contributed by atoms with van der Waals surface area (Å²) in [5.41, 5.74) is 0. The lowest BCUT2D eigenvalue weighted by atomic mass is 10.5. The number of hydrogen-bond donors (Lipinski definition) is 0. The molecule has 5 heteroatoms. The summed E-state index contributed by atoms with van der Waals surface area (Å²) >= 11 is 0. The zero-order valence-corrected chi connectivity index (χ0v) is 6.92. The molecular weight excluding hydrogens is 161 g/mol. The van der Waals surface area contributed by atoms with Gasteiger partial charge in [0.15, 0.2) is 8.07 Å². The molecule has 1 aliphatic heterocycles. The van der Waals surface area contributed by atoms with E-state index in [9.17, 15) is 0 Å². The molecule has 0 saturated carbocycles. The van der Waals surface area contributed by atoms with Crippen LogP contribution in [0.2, 0.25) is 0 Å². The Labute approximate surface area is 66.8 Å². The predicted molar refractivity (Wildman–Crippen MR) is 40.5 cm³/mol. The number of morpholine rings is 1. The lowest BCUT2D eigenvalue weighted by Gasteiger charge is -2.25. The minimum absolute atomic E-state index is 0.641. The van der Waals surface area contributed by atoms with E-state index in [1.807, 2.05) is 16.3 Å². The van der Waals surface area contributed by atoms with Crippen LogP contribution in [-0.2, 0) is 4.74 Å². The summed E-state index contributed by atoms with van der Waals surface area (Å²) in [4.78, 5) is 0. The van der Waals surface area contributed by atoms with Gasteiger partial charge in [0, 0.05) is 13.1 Å². The highest BCUT2D eigenvalue weighted by atomic mass is 31.1. The second kappa shape index (κ2) is 4.26. The molecule has 11 heavy (non-hydrogen) atoms. The maximum atomic E-state index is 8.55. The molecule has 1 heterocycles. The van der Waals surface area contributed by atoms with Crippen LogP contribution in [0.3, 0.4) is 0 Å². The Morgan fingerprint density at radius 3 is 2.18 bits per heavy atom. The highest BCUT2D eigenvalue weighted by molar-refractivity contribution is 7.65. The van der Waals surface area contributed by atoms with Crippen LogP contribution in [-0.4, -0.2) is 31.0 Å². The summed E-state index contributed by atoms with van der Waals surface area (Å²) in [6.45, 7) is 2.71. The first-order chi connectivity index (χ1) is 5.38. The molecule has 0 aliphatic carbocycles. The maximum absolute atomic E-state index is 8.55. The topological polar surface area (TPSA) is 60.0 Å². The monoisotopic (exact) mass is 169 g/mol. The van der Waals surface area contributed by atoms with Crippen LogP contribution in [0.4, 0.5) is 0 Å². The first-order valence-electron chi connectivity index (χ1n) is 3.30. The molecule has 0 aromatic carbocycles. The Balaban J connectivity index is 2.46. The van der Waals surface area contributed by atoms with Gasteiger partial charge in [-0.1, -0.05) is 0 Å². The minimum atomic E-state index is -1.21. The second-order valence-electron chi connectivity index (χ2n) is 2.08. The third-order valence-corrected chi connectivity index (χ3v) is 2.80. The first-order valence-corrected chi connectivity index (χ1v) is 4.60. The van der Waals surface area contributed by atoms with Crippen LogP contribution in [0.1, 0.15) is 0 Å². The largest absolute Gasteiger partial charge is 0.379 e. The summed E-state index contributed by atoms with van der Waals surface area (Å²) in [6, 6.07) is 0. The zero-order chi connectivity index (χ0) is 8.10. The molecule has 0 radical (unpaired) electrons. The van der Waals surface area contributed by atoms with Crippen molar-refractivity contribution in [3.63, 3.8) is 0 Å². The Morgan fingerprint density at radius 2 is 1.73 bits per heavy atom. The van der Waals surface area contributed by atoms with E-state index in [2.05, 4.69) is 0 Å². The van der Waals surface area contributed by atoms with Crippen molar-refractivity contribution >= 4 is 8.07 Å². The van der Waals surface area contributed by atoms with E-state index < -0.39 is 8.07 Å². The van der Waals surface area contributed by atoms with E-state index in [0.717, 1.165) is 0 Å². The number of rotatable bonds is 1. The van der Waals surface area contributed by atoms with Crippen molar-refractivity contribution in [2.45, 2.75) is 0 Å². The van der Waals surface area contributed by atoms with Gasteiger partial charge in [0.1, 0.15) is 11.6 Å². The van der Waals surface area contributed by atoms with Crippen LogP contribution < -0.4 is 0 Å². The number of hydrogen-bond acceptors (Lipinski definition) is 4. The van der Waals surface area contributed by atoms with Crippen molar-refractivity contribution in [2.75, 3.05) is 26.3 Å². The smallest absolute Gasteiger partial charge is 0.184 e. The van der Waals surface area contributed by atoms with Gasteiger partial charge in [-0.3, -0.25) is 4.67 Å². The molecule has 0 atom stereocenters. The number of nitrogens with zero attached hydrogens (tertiary/aromatic N) is 3. The van der Waals surface area contributed by atoms with Gasteiger partial charge in [-0.25, -0.2) is 0 Å². The molecule has 0 unspecified atom stereocenters. The van der Waals surface area contributed by atoms with Gasteiger partial charge < -0.3 is 4.74 Å². The first kappa shape index (κ1) is 8.43. The van der Waals surface area contributed by atoms with Crippen LogP contribution in [0.5, 0.6) is 0 Å². The average molecular weight is 169 g/mol. The van der Waals surface area contributed by atoms with Crippen LogP contribution in [0.15, 0.2) is 0 Å². The van der Waals surface area contributed by atoms with Gasteiger partial charge >= 0.3 is 0 Å². The minimum Gasteiger partial charge on any atom is -0.379 e. The highest BCUT2D eigenvalue weighted by Crippen LogP contribution is 2.36. The summed E-state index contributed by atoms with van der Waals surface area (Å²) in [7, 11) is -1.21. The van der Waals surface area contributed by atoms with Crippen LogP contribution in [0, 0.1) is 22.1 Å². The molecule has 4 nitrogen and oxygen atoms in total. The zero-order valence-electron chi connectivity index (χ0n) is 6.03. The summed E-state index contributed by atoms with van der Waals surface area (Å²) in [6.07, 6.45) is 0. The van der Waals surface area contributed by atoms with Gasteiger partial charge in [0.2, 0.25) is 0 Å². The Kier molecular flexibility index (Phi) is 3.26. The normalized spacial score (nSPS) is 19.2. The Hall–Kier alpha value is -0.670. The lowest BCUT2D eigenvalue weighted by molar-refractivity contribution is 0.0756. The standard InChI is InChI=1S/C6H8N3OP/c7-5-11(6-8)9-1-3-10-4-2-9/h1-4H2. The van der Waals surface area contributed by atoms with E-state index in [0.29, 0.717) is 26.3 Å². The van der Waals surface area contributed by atoms with Gasteiger partial charge in [-0.15, -0.1) is 0 Å². The highest BCUT2D eigenvalue weighted by Gasteiger charge is 2.19. The molecular formula is C6H8N3OP. The van der Waals surface area contributed by atoms with Crippen molar-refractivity contribution in [1.29, 1.82) is 10.5 Å². The third-order valence-electron chi connectivity index (χ3n) is 1.46. The average Bonchev–Trinajstić information content (AvgIpc) is 2.09. The fourth-order valence-corrected chi connectivity index (χ4v) is 1.76. The Bertz CT molecular complexity index is 187. The van der Waals surface area contributed by atoms with Gasteiger partial charge in [0.25, 0.3) is 0 Å². The molecule has 1 fully saturated rings. The number of nitriles is 2. The molecule has 0 bridgehead atoms. The molecule has 0 aromatic rings. The quantitative estimate of drug-likeness (QED) is 0.541. The predicted octanol–water partition coefficient (Wildman–Crippen LogP) is 0.678. The van der Waals surface area contributed by atoms with Crippen molar-refractivity contribution < 1.29 is 4.74 Å². The molecule has 58 valence electrons. The van der Waals surface area contributed by atoms with Crippen molar-refractivity contribution in [3.05, 3.63) is 0 Å². The van der Waals surface area contributed by atoms with Gasteiger partial charge in [-0.05, 0) is 0 Å². The number of ether oxygens (including phenoxy) is 1. The van der Waals surface area contributed by atoms with Crippen LogP contribution in [0.25, 0.3) is 0 Å². The summed E-state index contributed by atoms with van der Waals surface area (Å²) < 4.78 is 6.98. The van der Waals surface area contributed by atoms with Crippen molar-refractivity contribution in [2.24, 2.45) is 0 Å². The van der Waals surface area contributed by atoms with E-state index >= 15 is 0 Å². The molecule has 1 saturated heterocycles. The van der Waals surface area contributed by atoms with E-state index in [4.69, 9.17) is 15.3 Å².